The average molecular weight is 322 g/mol. The number of alkyl halides is 1. The van der Waals surface area contributed by atoms with E-state index in [4.69, 9.17) is 23.2 Å². The normalized spacial score (nSPS) is 10.4. The third kappa shape index (κ3) is 4.23. The van der Waals surface area contributed by atoms with Gasteiger partial charge in [-0.25, -0.2) is 0 Å². The van der Waals surface area contributed by atoms with E-state index in [0.717, 1.165) is 11.1 Å². The number of hydrogen-bond acceptors (Lipinski definition) is 1. The molecule has 0 saturated carbocycles. The molecule has 2 aromatic carbocycles. The van der Waals surface area contributed by atoms with Gasteiger partial charge in [0.05, 0.1) is 0 Å². The van der Waals surface area contributed by atoms with E-state index in [1.807, 2.05) is 55.5 Å². The fourth-order valence-electron chi connectivity index (χ4n) is 2.15. The number of hydrogen-bond donors (Lipinski definition) is 0. The lowest BCUT2D eigenvalue weighted by molar-refractivity contribution is 0.0752. The summed E-state index contributed by atoms with van der Waals surface area (Å²) in [6.07, 6.45) is 0. The van der Waals surface area contributed by atoms with Crippen molar-refractivity contribution in [2.45, 2.75) is 19.3 Å². The van der Waals surface area contributed by atoms with Crippen LogP contribution < -0.4 is 0 Å². The predicted octanol–water partition coefficient (Wildman–Crippen LogP) is 4.74. The number of benzene rings is 2. The molecule has 0 aliphatic rings. The van der Waals surface area contributed by atoms with E-state index in [2.05, 4.69) is 0 Å². The fraction of sp³-hybridized carbons (Fsp3) is 0.235. The molecular weight excluding hydrogens is 305 g/mol. The van der Waals surface area contributed by atoms with Crippen LogP contribution in [0.5, 0.6) is 0 Å². The third-order valence-electron chi connectivity index (χ3n) is 3.26. The molecule has 0 spiro atoms. The Hall–Kier alpha value is -1.51. The van der Waals surface area contributed by atoms with Gasteiger partial charge in [-0.15, -0.1) is 11.6 Å². The highest BCUT2D eigenvalue weighted by Gasteiger charge is 2.15. The average Bonchev–Trinajstić information content (AvgIpc) is 2.52. The van der Waals surface area contributed by atoms with Crippen molar-refractivity contribution < 1.29 is 4.79 Å². The van der Waals surface area contributed by atoms with Crippen LogP contribution in [0.3, 0.4) is 0 Å². The van der Waals surface area contributed by atoms with Crippen LogP contribution in [0.25, 0.3) is 0 Å². The van der Waals surface area contributed by atoms with Gasteiger partial charge in [-0.05, 0) is 42.3 Å². The van der Waals surface area contributed by atoms with Crippen LogP contribution in [-0.2, 0) is 12.4 Å². The predicted molar refractivity (Wildman–Crippen MR) is 87.9 cm³/mol. The first-order chi connectivity index (χ1) is 10.1. The highest BCUT2D eigenvalue weighted by molar-refractivity contribution is 6.30. The van der Waals surface area contributed by atoms with Gasteiger partial charge in [0, 0.05) is 29.6 Å². The second kappa shape index (κ2) is 7.48. The monoisotopic (exact) mass is 321 g/mol. The maximum absolute atomic E-state index is 12.6. The van der Waals surface area contributed by atoms with Gasteiger partial charge >= 0.3 is 0 Å². The molecule has 110 valence electrons. The van der Waals surface area contributed by atoms with Crippen molar-refractivity contribution in [2.75, 3.05) is 6.54 Å². The molecule has 0 fully saturated rings. The van der Waals surface area contributed by atoms with Crippen LogP contribution in [0.1, 0.15) is 28.4 Å². The van der Waals surface area contributed by atoms with E-state index >= 15 is 0 Å². The molecule has 0 heterocycles. The van der Waals surface area contributed by atoms with Gasteiger partial charge in [-0.2, -0.15) is 0 Å². The smallest absolute Gasteiger partial charge is 0.254 e. The van der Waals surface area contributed by atoms with Crippen LogP contribution in [0.4, 0.5) is 0 Å². The summed E-state index contributed by atoms with van der Waals surface area (Å²) < 4.78 is 0. The van der Waals surface area contributed by atoms with Crippen LogP contribution in [0.15, 0.2) is 48.5 Å². The first kappa shape index (κ1) is 15.9. The van der Waals surface area contributed by atoms with E-state index < -0.39 is 0 Å². The second-order valence-electron chi connectivity index (χ2n) is 4.78. The third-order valence-corrected chi connectivity index (χ3v) is 3.80. The van der Waals surface area contributed by atoms with Gasteiger partial charge < -0.3 is 4.90 Å². The zero-order valence-electron chi connectivity index (χ0n) is 11.9. The van der Waals surface area contributed by atoms with Crippen molar-refractivity contribution in [1.82, 2.24) is 4.90 Å². The molecule has 0 unspecified atom stereocenters. The largest absolute Gasteiger partial charge is 0.335 e. The van der Waals surface area contributed by atoms with Gasteiger partial charge in [0.1, 0.15) is 0 Å². The summed E-state index contributed by atoms with van der Waals surface area (Å²) in [4.78, 5) is 14.4. The SMILES string of the molecule is CCN(Cc1cccc(Cl)c1)C(=O)c1cccc(CCl)c1. The topological polar surface area (TPSA) is 20.3 Å². The van der Waals surface area contributed by atoms with E-state index in [1.54, 1.807) is 4.90 Å². The molecule has 1 amide bonds. The molecule has 0 aliphatic heterocycles. The molecule has 21 heavy (non-hydrogen) atoms. The van der Waals surface area contributed by atoms with Gasteiger partial charge in [-0.1, -0.05) is 35.9 Å². The first-order valence-electron chi connectivity index (χ1n) is 6.82. The van der Waals surface area contributed by atoms with Gasteiger partial charge in [0.15, 0.2) is 0 Å². The first-order valence-corrected chi connectivity index (χ1v) is 7.74. The standard InChI is InChI=1S/C17H17Cl2NO/c1-2-20(12-14-6-4-8-16(19)10-14)17(21)15-7-3-5-13(9-15)11-18/h3-10H,2,11-12H2,1H3. The number of rotatable bonds is 5. The van der Waals surface area contributed by atoms with Crippen molar-refractivity contribution in [2.24, 2.45) is 0 Å². The molecule has 0 radical (unpaired) electrons. The summed E-state index contributed by atoms with van der Waals surface area (Å²) >= 11 is 11.8. The van der Waals surface area contributed by atoms with Crippen molar-refractivity contribution in [1.29, 1.82) is 0 Å². The quantitative estimate of drug-likeness (QED) is 0.728. The van der Waals surface area contributed by atoms with Gasteiger partial charge in [-0.3, -0.25) is 4.79 Å². The Bertz CT molecular complexity index is 628. The molecular formula is C17H17Cl2NO. The summed E-state index contributed by atoms with van der Waals surface area (Å²) in [6, 6.07) is 15.0. The molecule has 0 saturated heterocycles. The molecule has 4 heteroatoms. The molecule has 0 atom stereocenters. The fourth-order valence-corrected chi connectivity index (χ4v) is 2.53. The van der Waals surface area contributed by atoms with Crippen molar-refractivity contribution in [3.05, 3.63) is 70.2 Å². The van der Waals surface area contributed by atoms with E-state index in [0.29, 0.717) is 29.6 Å². The Kier molecular flexibility index (Phi) is 5.66. The second-order valence-corrected chi connectivity index (χ2v) is 5.49. The van der Waals surface area contributed by atoms with Gasteiger partial charge in [0.2, 0.25) is 0 Å². The van der Waals surface area contributed by atoms with Crippen molar-refractivity contribution >= 4 is 29.1 Å². The number of carbonyl (C=O) groups is 1. The van der Waals surface area contributed by atoms with Crippen LogP contribution in [-0.4, -0.2) is 17.4 Å². The Morgan fingerprint density at radius 1 is 1.10 bits per heavy atom. The molecule has 0 N–H and O–H groups in total. The summed E-state index contributed by atoms with van der Waals surface area (Å²) in [6.45, 7) is 3.14. The summed E-state index contributed by atoms with van der Waals surface area (Å²) in [5.41, 5.74) is 2.63. The molecule has 0 aromatic heterocycles. The Balaban J connectivity index is 2.18. The lowest BCUT2D eigenvalue weighted by Crippen LogP contribution is -2.30. The number of nitrogens with zero attached hydrogens (tertiary/aromatic N) is 1. The zero-order valence-corrected chi connectivity index (χ0v) is 13.4. The minimum atomic E-state index is 0.00411. The Morgan fingerprint density at radius 3 is 2.48 bits per heavy atom. The molecule has 0 bridgehead atoms. The lowest BCUT2D eigenvalue weighted by atomic mass is 10.1. The molecule has 2 rings (SSSR count). The summed E-state index contributed by atoms with van der Waals surface area (Å²) in [5, 5.41) is 0.681. The summed E-state index contributed by atoms with van der Waals surface area (Å²) in [5.74, 6) is 0.408. The van der Waals surface area contributed by atoms with Gasteiger partial charge in [0.25, 0.3) is 5.91 Å². The Labute approximate surface area is 135 Å². The highest BCUT2D eigenvalue weighted by atomic mass is 35.5. The molecule has 2 aromatic rings. The van der Waals surface area contributed by atoms with Crippen molar-refractivity contribution in [3.63, 3.8) is 0 Å². The number of carbonyl (C=O) groups excluding carboxylic acids is 1. The van der Waals surface area contributed by atoms with Crippen LogP contribution in [0.2, 0.25) is 5.02 Å². The minimum absolute atomic E-state index is 0.00411. The highest BCUT2D eigenvalue weighted by Crippen LogP contribution is 2.15. The van der Waals surface area contributed by atoms with E-state index in [-0.39, 0.29) is 5.91 Å². The maximum Gasteiger partial charge on any atom is 0.254 e. The van der Waals surface area contributed by atoms with Crippen LogP contribution in [0, 0.1) is 0 Å². The van der Waals surface area contributed by atoms with Crippen LogP contribution >= 0.6 is 23.2 Å². The number of amides is 1. The lowest BCUT2D eigenvalue weighted by Gasteiger charge is -2.21. The zero-order chi connectivity index (χ0) is 15.2. The van der Waals surface area contributed by atoms with E-state index in [9.17, 15) is 4.79 Å². The molecule has 2 nitrogen and oxygen atoms in total. The minimum Gasteiger partial charge on any atom is -0.335 e. The summed E-state index contributed by atoms with van der Waals surface area (Å²) in [7, 11) is 0. The number of halogens is 2. The Morgan fingerprint density at radius 2 is 1.81 bits per heavy atom. The maximum atomic E-state index is 12.6. The molecule has 0 aliphatic carbocycles. The van der Waals surface area contributed by atoms with Crippen molar-refractivity contribution in [3.8, 4) is 0 Å². The van der Waals surface area contributed by atoms with E-state index in [1.165, 1.54) is 0 Å².